The molecular formula is C18H25N3O2. The Labute approximate surface area is 137 Å². The minimum absolute atomic E-state index is 0.242. The molecule has 2 heterocycles. The van der Waals surface area contributed by atoms with E-state index >= 15 is 0 Å². The number of hydrogen-bond acceptors (Lipinski definition) is 4. The molecule has 0 N–H and O–H groups in total. The smallest absolute Gasteiger partial charge is 0.410 e. The Morgan fingerprint density at radius 1 is 1.30 bits per heavy atom. The van der Waals surface area contributed by atoms with Gasteiger partial charge in [0.2, 0.25) is 0 Å². The van der Waals surface area contributed by atoms with Crippen LogP contribution in [0, 0.1) is 0 Å². The highest BCUT2D eigenvalue weighted by Gasteiger charge is 2.28. The van der Waals surface area contributed by atoms with E-state index < -0.39 is 5.60 Å². The second-order valence-corrected chi connectivity index (χ2v) is 7.43. The number of nitrogens with zero attached hydrogens (tertiary/aromatic N) is 3. The van der Waals surface area contributed by atoms with Crippen molar-refractivity contribution in [3.05, 3.63) is 29.4 Å². The first kappa shape index (κ1) is 16.0. The summed E-state index contributed by atoms with van der Waals surface area (Å²) in [7, 11) is 0. The molecule has 124 valence electrons. The molecule has 0 saturated carbocycles. The van der Waals surface area contributed by atoms with Crippen molar-refractivity contribution in [2.24, 2.45) is 0 Å². The third-order valence-corrected chi connectivity index (χ3v) is 4.44. The molecular weight excluding hydrogens is 290 g/mol. The van der Waals surface area contributed by atoms with Crippen LogP contribution >= 0.6 is 0 Å². The standard InChI is InChI=1S/C18H25N3O2/c1-12-5-6-14-15(12)16(20-11-19-14)13-7-9-21(10-8-13)17(22)23-18(2,3)4/h7,11-12H,5-6,8-10H2,1-4H3. The topological polar surface area (TPSA) is 55.3 Å². The molecule has 0 aromatic carbocycles. The molecule has 5 heteroatoms. The lowest BCUT2D eigenvalue weighted by Gasteiger charge is -2.29. The van der Waals surface area contributed by atoms with Gasteiger partial charge in [0.05, 0.1) is 5.69 Å². The number of hydrogen-bond donors (Lipinski definition) is 0. The molecule has 3 rings (SSSR count). The van der Waals surface area contributed by atoms with Crippen LogP contribution in [0.15, 0.2) is 12.4 Å². The highest BCUT2D eigenvalue weighted by molar-refractivity contribution is 5.73. The molecule has 5 nitrogen and oxygen atoms in total. The van der Waals surface area contributed by atoms with Crippen molar-refractivity contribution in [1.82, 2.24) is 14.9 Å². The fourth-order valence-electron chi connectivity index (χ4n) is 3.28. The summed E-state index contributed by atoms with van der Waals surface area (Å²) >= 11 is 0. The average Bonchev–Trinajstić information content (AvgIpc) is 2.87. The Kier molecular flexibility index (Phi) is 4.13. The molecule has 1 atom stereocenters. The van der Waals surface area contributed by atoms with Crippen molar-refractivity contribution >= 4 is 11.7 Å². The van der Waals surface area contributed by atoms with Gasteiger partial charge in [0, 0.05) is 24.3 Å². The van der Waals surface area contributed by atoms with Crippen molar-refractivity contribution < 1.29 is 9.53 Å². The van der Waals surface area contributed by atoms with Crippen LogP contribution < -0.4 is 0 Å². The highest BCUT2D eigenvalue weighted by Crippen LogP contribution is 2.37. The van der Waals surface area contributed by atoms with E-state index in [1.165, 1.54) is 16.8 Å². The van der Waals surface area contributed by atoms with Crippen molar-refractivity contribution in [3.8, 4) is 0 Å². The van der Waals surface area contributed by atoms with E-state index in [9.17, 15) is 4.79 Å². The third kappa shape index (κ3) is 3.38. The van der Waals surface area contributed by atoms with E-state index in [1.54, 1.807) is 11.2 Å². The van der Waals surface area contributed by atoms with Crippen LogP contribution in [-0.4, -0.2) is 39.7 Å². The van der Waals surface area contributed by atoms with E-state index in [0.717, 1.165) is 25.0 Å². The van der Waals surface area contributed by atoms with Crippen LogP contribution in [0.5, 0.6) is 0 Å². The number of aromatic nitrogens is 2. The zero-order valence-corrected chi connectivity index (χ0v) is 14.4. The predicted molar refractivity (Wildman–Crippen MR) is 89.2 cm³/mol. The molecule has 0 bridgehead atoms. The van der Waals surface area contributed by atoms with Gasteiger partial charge in [0.15, 0.2) is 0 Å². The zero-order valence-electron chi connectivity index (χ0n) is 14.4. The normalized spacial score (nSPS) is 21.0. The first-order valence-electron chi connectivity index (χ1n) is 8.36. The highest BCUT2D eigenvalue weighted by atomic mass is 16.6. The summed E-state index contributed by atoms with van der Waals surface area (Å²) in [5, 5.41) is 0. The summed E-state index contributed by atoms with van der Waals surface area (Å²) < 4.78 is 5.44. The van der Waals surface area contributed by atoms with Crippen molar-refractivity contribution in [3.63, 3.8) is 0 Å². The summed E-state index contributed by atoms with van der Waals surface area (Å²) in [6, 6.07) is 0. The predicted octanol–water partition coefficient (Wildman–Crippen LogP) is 3.55. The molecule has 0 radical (unpaired) electrons. The number of aryl methyl sites for hydroxylation is 1. The van der Waals surface area contributed by atoms with Crippen LogP contribution in [0.25, 0.3) is 5.57 Å². The van der Waals surface area contributed by atoms with Gasteiger partial charge in [-0.15, -0.1) is 0 Å². The van der Waals surface area contributed by atoms with Crippen LogP contribution in [-0.2, 0) is 11.2 Å². The average molecular weight is 315 g/mol. The minimum atomic E-state index is -0.454. The molecule has 0 fully saturated rings. The van der Waals surface area contributed by atoms with Crippen molar-refractivity contribution in [2.45, 2.75) is 58.5 Å². The summed E-state index contributed by atoms with van der Waals surface area (Å²) in [5.74, 6) is 0.519. The molecule has 0 saturated heterocycles. The van der Waals surface area contributed by atoms with Gasteiger partial charge in [-0.3, -0.25) is 0 Å². The Hall–Kier alpha value is -1.91. The third-order valence-electron chi connectivity index (χ3n) is 4.44. The molecule has 1 aromatic rings. The van der Waals surface area contributed by atoms with E-state index in [-0.39, 0.29) is 6.09 Å². The lowest BCUT2D eigenvalue weighted by Crippen LogP contribution is -2.39. The molecule has 0 spiro atoms. The molecule has 1 aliphatic heterocycles. The lowest BCUT2D eigenvalue weighted by molar-refractivity contribution is 0.0270. The van der Waals surface area contributed by atoms with Crippen molar-refractivity contribution in [1.29, 1.82) is 0 Å². The van der Waals surface area contributed by atoms with Crippen LogP contribution in [0.2, 0.25) is 0 Å². The number of carbonyl (C=O) groups is 1. The maximum Gasteiger partial charge on any atom is 0.410 e. The lowest BCUT2D eigenvalue weighted by atomic mass is 9.95. The molecule has 1 aliphatic carbocycles. The maximum atomic E-state index is 12.1. The van der Waals surface area contributed by atoms with Gasteiger partial charge in [-0.05, 0) is 51.5 Å². The quantitative estimate of drug-likeness (QED) is 0.795. The summed E-state index contributed by atoms with van der Waals surface area (Å²) in [4.78, 5) is 22.9. The molecule has 1 aromatic heterocycles. The van der Waals surface area contributed by atoms with Gasteiger partial charge in [-0.2, -0.15) is 0 Å². The van der Waals surface area contributed by atoms with E-state index in [2.05, 4.69) is 23.0 Å². The Morgan fingerprint density at radius 2 is 2.09 bits per heavy atom. The maximum absolute atomic E-state index is 12.1. The summed E-state index contributed by atoms with van der Waals surface area (Å²) in [5.41, 5.74) is 4.37. The van der Waals surface area contributed by atoms with Crippen LogP contribution in [0.1, 0.15) is 63.4 Å². The van der Waals surface area contributed by atoms with Gasteiger partial charge < -0.3 is 9.64 Å². The fraction of sp³-hybridized carbons (Fsp3) is 0.611. The Bertz CT molecular complexity index is 646. The molecule has 1 amide bonds. The van der Waals surface area contributed by atoms with E-state index in [1.807, 2.05) is 20.8 Å². The van der Waals surface area contributed by atoms with Gasteiger partial charge in [-0.25, -0.2) is 14.8 Å². The van der Waals surface area contributed by atoms with Gasteiger partial charge >= 0.3 is 6.09 Å². The van der Waals surface area contributed by atoms with Gasteiger partial charge in [-0.1, -0.05) is 13.0 Å². The minimum Gasteiger partial charge on any atom is -0.444 e. The Balaban J connectivity index is 1.76. The van der Waals surface area contributed by atoms with E-state index in [4.69, 9.17) is 4.74 Å². The second-order valence-electron chi connectivity index (χ2n) is 7.43. The Morgan fingerprint density at radius 3 is 2.74 bits per heavy atom. The molecule has 23 heavy (non-hydrogen) atoms. The number of amides is 1. The van der Waals surface area contributed by atoms with Crippen LogP contribution in [0.3, 0.4) is 0 Å². The monoisotopic (exact) mass is 315 g/mol. The zero-order chi connectivity index (χ0) is 16.6. The summed E-state index contributed by atoms with van der Waals surface area (Å²) in [6.07, 6.45) is 6.56. The fourth-order valence-corrected chi connectivity index (χ4v) is 3.28. The van der Waals surface area contributed by atoms with Gasteiger partial charge in [0.1, 0.15) is 11.9 Å². The number of rotatable bonds is 1. The molecule has 1 unspecified atom stereocenters. The first-order valence-corrected chi connectivity index (χ1v) is 8.36. The number of carbonyl (C=O) groups excluding carboxylic acids is 1. The van der Waals surface area contributed by atoms with Crippen LogP contribution in [0.4, 0.5) is 4.79 Å². The summed E-state index contributed by atoms with van der Waals surface area (Å²) in [6.45, 7) is 9.17. The SMILES string of the molecule is CC1CCc2ncnc(C3=CCN(C(=O)OC(C)(C)C)CC3)c21. The largest absolute Gasteiger partial charge is 0.444 e. The number of fused-ring (bicyclic) bond motifs is 1. The first-order chi connectivity index (χ1) is 10.8. The van der Waals surface area contributed by atoms with E-state index in [0.29, 0.717) is 19.0 Å². The second kappa shape index (κ2) is 5.95. The molecule has 2 aliphatic rings. The van der Waals surface area contributed by atoms with Gasteiger partial charge in [0.25, 0.3) is 0 Å². The van der Waals surface area contributed by atoms with Crippen molar-refractivity contribution in [2.75, 3.05) is 13.1 Å². The number of ether oxygens (including phenoxy) is 1.